The number of nitrogen functional groups attached to an aromatic ring is 1. The van der Waals surface area contributed by atoms with E-state index in [1.165, 1.54) is 15.3 Å². The number of carbonyl (C=O) groups is 1. The standard InChI is InChI=1S/C14H19N3O2S/c1-5-19-14(18)12-13(15)17(7-16-12)9(3)11-6-8(2)20-10(11)4/h6-7,9H,5,15H2,1-4H3. The molecule has 0 bridgehead atoms. The molecule has 108 valence electrons. The fraction of sp³-hybridized carbons (Fsp3) is 0.429. The predicted octanol–water partition coefficient (Wildman–Crippen LogP) is 2.93. The summed E-state index contributed by atoms with van der Waals surface area (Å²) in [5, 5.41) is 0. The van der Waals surface area contributed by atoms with E-state index in [2.05, 4.69) is 24.9 Å². The molecule has 0 spiro atoms. The topological polar surface area (TPSA) is 70.1 Å². The summed E-state index contributed by atoms with van der Waals surface area (Å²) in [6.07, 6.45) is 1.60. The van der Waals surface area contributed by atoms with E-state index in [9.17, 15) is 4.79 Å². The lowest BCUT2D eigenvalue weighted by Gasteiger charge is -2.15. The molecule has 20 heavy (non-hydrogen) atoms. The van der Waals surface area contributed by atoms with Crippen LogP contribution in [0.5, 0.6) is 0 Å². The van der Waals surface area contributed by atoms with Crippen molar-refractivity contribution in [2.75, 3.05) is 12.3 Å². The van der Waals surface area contributed by atoms with Crippen LogP contribution >= 0.6 is 11.3 Å². The van der Waals surface area contributed by atoms with Crippen LogP contribution in [-0.4, -0.2) is 22.1 Å². The maximum absolute atomic E-state index is 11.7. The number of rotatable bonds is 4. The maximum atomic E-state index is 11.7. The number of anilines is 1. The molecule has 5 nitrogen and oxygen atoms in total. The highest BCUT2D eigenvalue weighted by atomic mass is 32.1. The summed E-state index contributed by atoms with van der Waals surface area (Å²) in [5.41, 5.74) is 7.42. The largest absolute Gasteiger partial charge is 0.461 e. The minimum atomic E-state index is -0.478. The van der Waals surface area contributed by atoms with Crippen molar-refractivity contribution < 1.29 is 9.53 Å². The van der Waals surface area contributed by atoms with Gasteiger partial charge >= 0.3 is 5.97 Å². The first-order chi connectivity index (χ1) is 9.45. The fourth-order valence-corrected chi connectivity index (χ4v) is 3.27. The Morgan fingerprint density at radius 2 is 2.25 bits per heavy atom. The number of carbonyl (C=O) groups excluding carboxylic acids is 1. The Hall–Kier alpha value is -1.82. The zero-order valence-electron chi connectivity index (χ0n) is 12.1. The van der Waals surface area contributed by atoms with Crippen molar-refractivity contribution in [3.63, 3.8) is 0 Å². The van der Waals surface area contributed by atoms with Crippen LogP contribution in [0.2, 0.25) is 0 Å². The van der Waals surface area contributed by atoms with Crippen molar-refractivity contribution in [2.24, 2.45) is 0 Å². The van der Waals surface area contributed by atoms with Crippen molar-refractivity contribution in [1.82, 2.24) is 9.55 Å². The summed E-state index contributed by atoms with van der Waals surface area (Å²) in [6, 6.07) is 2.18. The van der Waals surface area contributed by atoms with Crippen molar-refractivity contribution in [2.45, 2.75) is 33.7 Å². The van der Waals surface area contributed by atoms with Crippen LogP contribution in [0.4, 0.5) is 5.82 Å². The second-order valence-electron chi connectivity index (χ2n) is 4.65. The lowest BCUT2D eigenvalue weighted by atomic mass is 10.1. The molecule has 0 aliphatic heterocycles. The van der Waals surface area contributed by atoms with E-state index in [1.54, 1.807) is 29.2 Å². The highest BCUT2D eigenvalue weighted by molar-refractivity contribution is 7.12. The van der Waals surface area contributed by atoms with Gasteiger partial charge in [0.1, 0.15) is 5.82 Å². The molecule has 6 heteroatoms. The predicted molar refractivity (Wildman–Crippen MR) is 80.2 cm³/mol. The number of hydrogen-bond donors (Lipinski definition) is 1. The SMILES string of the molecule is CCOC(=O)c1ncn(C(C)c2cc(C)sc2C)c1N. The first-order valence-electron chi connectivity index (χ1n) is 6.52. The summed E-state index contributed by atoms with van der Waals surface area (Å²) in [5.74, 6) is -0.131. The third kappa shape index (κ3) is 2.56. The Kier molecular flexibility index (Phi) is 4.13. The molecule has 0 saturated heterocycles. The second-order valence-corrected chi connectivity index (χ2v) is 6.11. The van der Waals surface area contributed by atoms with Gasteiger partial charge in [-0.25, -0.2) is 9.78 Å². The van der Waals surface area contributed by atoms with Gasteiger partial charge in [-0.2, -0.15) is 0 Å². The molecule has 1 unspecified atom stereocenters. The van der Waals surface area contributed by atoms with Gasteiger partial charge in [0.15, 0.2) is 5.69 Å². The van der Waals surface area contributed by atoms with Gasteiger partial charge in [0.25, 0.3) is 0 Å². The van der Waals surface area contributed by atoms with E-state index >= 15 is 0 Å². The highest BCUT2D eigenvalue weighted by Crippen LogP contribution is 2.30. The molecule has 2 heterocycles. The average Bonchev–Trinajstić information content (AvgIpc) is 2.92. The molecule has 0 aliphatic rings. The monoisotopic (exact) mass is 293 g/mol. The van der Waals surface area contributed by atoms with Crippen LogP contribution in [0, 0.1) is 13.8 Å². The van der Waals surface area contributed by atoms with Crippen LogP contribution in [0.25, 0.3) is 0 Å². The minimum absolute atomic E-state index is 0.0376. The molecule has 0 radical (unpaired) electrons. The van der Waals surface area contributed by atoms with Crippen LogP contribution in [-0.2, 0) is 4.74 Å². The first kappa shape index (κ1) is 14.6. The van der Waals surface area contributed by atoms with Crippen molar-refractivity contribution >= 4 is 23.1 Å². The summed E-state index contributed by atoms with van der Waals surface area (Å²) >= 11 is 1.75. The number of imidazole rings is 1. The Balaban J connectivity index is 2.34. The highest BCUT2D eigenvalue weighted by Gasteiger charge is 2.21. The van der Waals surface area contributed by atoms with Crippen LogP contribution in [0.3, 0.4) is 0 Å². The first-order valence-corrected chi connectivity index (χ1v) is 7.33. The summed E-state index contributed by atoms with van der Waals surface area (Å²) < 4.78 is 6.75. The number of aromatic nitrogens is 2. The lowest BCUT2D eigenvalue weighted by molar-refractivity contribution is 0.0521. The molecule has 1 atom stereocenters. The molecule has 0 aromatic carbocycles. The molecule has 2 aromatic heterocycles. The molecular weight excluding hydrogens is 274 g/mol. The second kappa shape index (κ2) is 5.66. The van der Waals surface area contributed by atoms with E-state index < -0.39 is 5.97 Å². The smallest absolute Gasteiger partial charge is 0.360 e. The summed E-state index contributed by atoms with van der Waals surface area (Å²) in [7, 11) is 0. The van der Waals surface area contributed by atoms with Crippen molar-refractivity contribution in [1.29, 1.82) is 0 Å². The van der Waals surface area contributed by atoms with Gasteiger partial charge in [0, 0.05) is 9.75 Å². The van der Waals surface area contributed by atoms with Gasteiger partial charge in [-0.15, -0.1) is 11.3 Å². The number of aryl methyl sites for hydroxylation is 2. The van der Waals surface area contributed by atoms with Gasteiger partial charge in [0.2, 0.25) is 0 Å². The quantitative estimate of drug-likeness (QED) is 0.880. The molecule has 2 rings (SSSR count). The summed E-state index contributed by atoms with van der Waals surface area (Å²) in [4.78, 5) is 18.3. The van der Waals surface area contributed by atoms with E-state index in [0.29, 0.717) is 12.4 Å². The molecule has 0 aliphatic carbocycles. The van der Waals surface area contributed by atoms with E-state index in [1.807, 2.05) is 6.92 Å². The van der Waals surface area contributed by atoms with Gasteiger partial charge in [-0.1, -0.05) is 0 Å². The van der Waals surface area contributed by atoms with Crippen molar-refractivity contribution in [3.8, 4) is 0 Å². The number of esters is 1. The Morgan fingerprint density at radius 3 is 2.80 bits per heavy atom. The van der Waals surface area contributed by atoms with Crippen LogP contribution in [0.15, 0.2) is 12.4 Å². The molecular formula is C14H19N3O2S. The molecule has 0 saturated carbocycles. The Bertz CT molecular complexity index is 630. The fourth-order valence-electron chi connectivity index (χ4n) is 2.25. The molecule has 2 N–H and O–H groups in total. The molecule has 2 aromatic rings. The zero-order chi connectivity index (χ0) is 14.9. The van der Waals surface area contributed by atoms with E-state index in [4.69, 9.17) is 10.5 Å². The maximum Gasteiger partial charge on any atom is 0.360 e. The van der Waals surface area contributed by atoms with Gasteiger partial charge < -0.3 is 15.0 Å². The normalized spacial score (nSPS) is 12.4. The van der Waals surface area contributed by atoms with E-state index in [0.717, 1.165) is 0 Å². The van der Waals surface area contributed by atoms with Gasteiger partial charge in [-0.05, 0) is 39.3 Å². The molecule has 0 fully saturated rings. The summed E-state index contributed by atoms with van der Waals surface area (Å²) in [6.45, 7) is 8.27. The van der Waals surface area contributed by atoms with Gasteiger partial charge in [-0.3, -0.25) is 0 Å². The van der Waals surface area contributed by atoms with Gasteiger partial charge in [0.05, 0.1) is 19.0 Å². The zero-order valence-corrected chi connectivity index (χ0v) is 13.0. The third-order valence-electron chi connectivity index (χ3n) is 3.25. The lowest BCUT2D eigenvalue weighted by Crippen LogP contribution is -2.12. The Morgan fingerprint density at radius 1 is 1.55 bits per heavy atom. The number of thiophene rings is 1. The number of ether oxygens (including phenoxy) is 1. The van der Waals surface area contributed by atoms with Crippen molar-refractivity contribution in [3.05, 3.63) is 33.4 Å². The third-order valence-corrected chi connectivity index (χ3v) is 4.23. The van der Waals surface area contributed by atoms with Crippen LogP contribution < -0.4 is 5.73 Å². The van der Waals surface area contributed by atoms with E-state index in [-0.39, 0.29) is 11.7 Å². The minimum Gasteiger partial charge on any atom is -0.461 e. The molecule has 0 amide bonds. The average molecular weight is 293 g/mol. The number of nitrogens with two attached hydrogens (primary N) is 1. The number of nitrogens with zero attached hydrogens (tertiary/aromatic N) is 2. The Labute approximate surface area is 122 Å². The van der Waals surface area contributed by atoms with Crippen LogP contribution in [0.1, 0.15) is 45.7 Å². The number of hydrogen-bond acceptors (Lipinski definition) is 5.